The summed E-state index contributed by atoms with van der Waals surface area (Å²) in [4.78, 5) is 13.3. The van der Waals surface area contributed by atoms with Crippen molar-refractivity contribution in [1.82, 2.24) is 4.90 Å². The van der Waals surface area contributed by atoms with Crippen LogP contribution in [0.15, 0.2) is 0 Å². The van der Waals surface area contributed by atoms with E-state index in [2.05, 4.69) is 4.74 Å². The van der Waals surface area contributed by atoms with Gasteiger partial charge in [-0.15, -0.1) is 0 Å². The first-order valence-electron chi connectivity index (χ1n) is 9.88. The molecule has 0 bridgehead atoms. The van der Waals surface area contributed by atoms with Crippen molar-refractivity contribution in [1.29, 1.82) is 0 Å². The lowest BCUT2D eigenvalue weighted by Crippen LogP contribution is -2.69. The van der Waals surface area contributed by atoms with Gasteiger partial charge >= 0.3 is 42.0 Å². The fraction of sp³-hybridized carbons (Fsp3) is 0.944. The molecule has 0 rings (SSSR count). The van der Waals surface area contributed by atoms with Crippen LogP contribution in [0.5, 0.6) is 0 Å². The second kappa shape index (κ2) is 11.8. The molecule has 0 aliphatic heterocycles. The summed E-state index contributed by atoms with van der Waals surface area (Å²) in [6, 6.07) is 0. The molecule has 0 aliphatic rings. The number of rotatable bonds is 16. The molecule has 15 heteroatoms. The Kier molecular flexibility index (Phi) is 11.3. The molecule has 0 aliphatic carbocycles. The van der Waals surface area contributed by atoms with E-state index >= 15 is 0 Å². The second-order valence-electron chi connectivity index (χ2n) is 7.31. The minimum atomic E-state index is -7.63. The maximum atomic E-state index is 13.6. The topological polar surface area (TPSA) is 29.5 Å². The number of unbranched alkanes of at least 4 members (excludes halogenated alkanes) is 2. The molecule has 33 heavy (non-hydrogen) atoms. The van der Waals surface area contributed by atoms with Crippen molar-refractivity contribution >= 4 is 5.97 Å². The molecule has 0 saturated carbocycles. The van der Waals surface area contributed by atoms with Crippen LogP contribution in [0.2, 0.25) is 0 Å². The third-order valence-electron chi connectivity index (χ3n) is 4.64. The number of carbonyl (C=O) groups is 1. The molecule has 0 N–H and O–H groups in total. The van der Waals surface area contributed by atoms with E-state index in [-0.39, 0.29) is 6.54 Å². The lowest BCUT2D eigenvalue weighted by atomic mass is 9.94. The Labute approximate surface area is 182 Å². The molecule has 0 radical (unpaired) electrons. The van der Waals surface area contributed by atoms with Gasteiger partial charge in [0.1, 0.15) is 0 Å². The van der Waals surface area contributed by atoms with Crippen LogP contribution in [0.1, 0.15) is 46.0 Å². The minimum absolute atomic E-state index is 0.0738. The van der Waals surface area contributed by atoms with Crippen molar-refractivity contribution in [2.45, 2.75) is 82.0 Å². The van der Waals surface area contributed by atoms with Gasteiger partial charge in [-0.1, -0.05) is 26.7 Å². The molecule has 198 valence electrons. The molecule has 0 amide bonds. The summed E-state index contributed by atoms with van der Waals surface area (Å²) in [7, 11) is 0. The summed E-state index contributed by atoms with van der Waals surface area (Å²) < 4.78 is 161. The van der Waals surface area contributed by atoms with Crippen molar-refractivity contribution in [2.75, 3.05) is 26.2 Å². The normalized spacial score (nSPS) is 14.3. The number of halogens is 12. The van der Waals surface area contributed by atoms with E-state index in [0.717, 1.165) is 12.8 Å². The molecular weight excluding hydrogens is 490 g/mol. The fourth-order valence-electron chi connectivity index (χ4n) is 2.46. The maximum Gasteiger partial charge on any atom is 0.384 e. The predicted octanol–water partition coefficient (Wildman–Crippen LogP) is 6.26. The highest BCUT2D eigenvalue weighted by atomic mass is 19.4. The van der Waals surface area contributed by atoms with Gasteiger partial charge in [0.15, 0.2) is 6.61 Å². The number of nitrogens with zero attached hydrogens (tertiary/aromatic N) is 1. The lowest BCUT2D eigenvalue weighted by Gasteiger charge is -2.38. The van der Waals surface area contributed by atoms with Crippen molar-refractivity contribution in [2.24, 2.45) is 0 Å². The van der Waals surface area contributed by atoms with E-state index in [0.29, 0.717) is 25.9 Å². The van der Waals surface area contributed by atoms with Crippen molar-refractivity contribution in [3.8, 4) is 0 Å². The summed E-state index contributed by atoms with van der Waals surface area (Å²) in [6.07, 6.45) is -3.25. The van der Waals surface area contributed by atoms with E-state index in [1.165, 1.54) is 0 Å². The van der Waals surface area contributed by atoms with Crippen LogP contribution in [-0.2, 0) is 9.53 Å². The molecule has 0 atom stereocenters. The van der Waals surface area contributed by atoms with Gasteiger partial charge in [-0.3, -0.25) is 4.79 Å². The van der Waals surface area contributed by atoms with Crippen LogP contribution in [0.4, 0.5) is 52.7 Å². The number of alkyl halides is 12. The number of hydrogen-bond donors (Lipinski definition) is 0. The van der Waals surface area contributed by atoms with Crippen LogP contribution in [0.25, 0.3) is 0 Å². The second-order valence-corrected chi connectivity index (χ2v) is 7.31. The Bertz CT molecular complexity index is 605. The smallest absolute Gasteiger partial charge is 0.384 e. The zero-order chi connectivity index (χ0) is 26.3. The summed E-state index contributed by atoms with van der Waals surface area (Å²) in [5, 5.41) is 0. The monoisotopic (exact) mass is 515 g/mol. The van der Waals surface area contributed by atoms with Crippen LogP contribution in [-0.4, -0.2) is 73.1 Å². The average Bonchev–Trinajstić information content (AvgIpc) is 2.70. The number of esters is 1. The highest BCUT2D eigenvalue weighted by molar-refractivity contribution is 5.69. The van der Waals surface area contributed by atoms with E-state index in [9.17, 15) is 57.5 Å². The van der Waals surface area contributed by atoms with E-state index < -0.39 is 55.0 Å². The van der Waals surface area contributed by atoms with Crippen LogP contribution in [0.3, 0.4) is 0 Å². The summed E-state index contributed by atoms with van der Waals surface area (Å²) in [5.41, 5.74) is 0. The first-order valence-corrected chi connectivity index (χ1v) is 9.88. The predicted molar refractivity (Wildman–Crippen MR) is 92.6 cm³/mol. The van der Waals surface area contributed by atoms with Gasteiger partial charge in [0, 0.05) is 6.54 Å². The molecule has 0 unspecified atom stereocenters. The van der Waals surface area contributed by atoms with Gasteiger partial charge in [-0.25, -0.2) is 8.78 Å². The molecule has 3 nitrogen and oxygen atoms in total. The Morgan fingerprint density at radius 2 is 1.21 bits per heavy atom. The first kappa shape index (κ1) is 31.6. The molecule has 0 saturated heterocycles. The summed E-state index contributed by atoms with van der Waals surface area (Å²) >= 11 is 0. The summed E-state index contributed by atoms with van der Waals surface area (Å²) in [6.45, 7) is 1.79. The van der Waals surface area contributed by atoms with Crippen molar-refractivity contribution < 1.29 is 62.2 Å². The number of carbonyl (C=O) groups excluding carboxylic acids is 1. The van der Waals surface area contributed by atoms with Crippen molar-refractivity contribution in [3.05, 3.63) is 0 Å². The molecule has 0 spiro atoms. The van der Waals surface area contributed by atoms with Crippen LogP contribution < -0.4 is 0 Å². The molecule has 0 heterocycles. The average molecular weight is 515 g/mol. The molecule has 0 aromatic carbocycles. The molecular formula is C18H25F12NO2. The highest BCUT2D eigenvalue weighted by Gasteiger charge is 2.87. The quantitative estimate of drug-likeness (QED) is 0.180. The molecule has 0 aromatic rings. The van der Waals surface area contributed by atoms with Gasteiger partial charge in [0.2, 0.25) is 0 Å². The Morgan fingerprint density at radius 3 is 1.61 bits per heavy atom. The van der Waals surface area contributed by atoms with E-state index in [1.807, 2.05) is 13.8 Å². The highest BCUT2D eigenvalue weighted by Crippen LogP contribution is 2.58. The molecule has 0 aromatic heterocycles. The van der Waals surface area contributed by atoms with E-state index in [4.69, 9.17) is 0 Å². The zero-order valence-corrected chi connectivity index (χ0v) is 17.7. The summed E-state index contributed by atoms with van der Waals surface area (Å²) in [5.74, 6) is -37.4. The third kappa shape index (κ3) is 7.04. The zero-order valence-electron chi connectivity index (χ0n) is 17.7. The fourth-order valence-corrected chi connectivity index (χ4v) is 2.46. The Morgan fingerprint density at radius 1 is 0.758 bits per heavy atom. The minimum Gasteiger partial charge on any atom is -0.459 e. The van der Waals surface area contributed by atoms with Crippen LogP contribution in [0, 0.1) is 0 Å². The molecule has 0 fully saturated rings. The lowest BCUT2D eigenvalue weighted by molar-refractivity contribution is -0.414. The number of hydrogen-bond acceptors (Lipinski definition) is 3. The first-order chi connectivity index (χ1) is 14.8. The van der Waals surface area contributed by atoms with Crippen LogP contribution >= 0.6 is 0 Å². The van der Waals surface area contributed by atoms with E-state index in [1.54, 1.807) is 4.90 Å². The van der Waals surface area contributed by atoms with Gasteiger partial charge in [-0.05, 0) is 25.9 Å². The van der Waals surface area contributed by atoms with Gasteiger partial charge < -0.3 is 9.64 Å². The Balaban J connectivity index is 5.31. The largest absolute Gasteiger partial charge is 0.459 e. The third-order valence-corrected chi connectivity index (χ3v) is 4.64. The standard InChI is InChI=1S/C18H25F12NO2/c1-3-5-8-31(9-6-4-2)10-7-12(32)33-11-14(21,22)16(25,26)18(29,30)17(27,28)15(23,24)13(19)20/h13H,3-11H2,1-2H3. The SMILES string of the molecule is CCCCN(CCCC)CCC(=O)OCC(F)(F)C(F)(F)C(F)(F)C(F)(F)C(F)(F)C(F)F. The van der Waals surface area contributed by atoms with Crippen molar-refractivity contribution in [3.63, 3.8) is 0 Å². The van der Waals surface area contributed by atoms with Gasteiger partial charge in [0.25, 0.3) is 0 Å². The van der Waals surface area contributed by atoms with Gasteiger partial charge in [0.05, 0.1) is 6.42 Å². The maximum absolute atomic E-state index is 13.6. The Hall–Kier alpha value is -1.41. The van der Waals surface area contributed by atoms with Gasteiger partial charge in [-0.2, -0.15) is 43.9 Å². The number of ether oxygens (including phenoxy) is 1.